The fourth-order valence-electron chi connectivity index (χ4n) is 2.88. The van der Waals surface area contributed by atoms with Gasteiger partial charge in [0.25, 0.3) is 11.8 Å². The number of amides is 3. The molecule has 0 radical (unpaired) electrons. The Morgan fingerprint density at radius 2 is 1.87 bits per heavy atom. The Labute approximate surface area is 141 Å². The molecule has 2 heterocycles. The molecule has 1 aromatic rings. The van der Waals surface area contributed by atoms with Crippen LogP contribution in [0.5, 0.6) is 0 Å². The van der Waals surface area contributed by atoms with Crippen molar-refractivity contribution in [3.63, 3.8) is 0 Å². The molecule has 124 valence electrons. The molecule has 0 spiro atoms. The van der Waals surface area contributed by atoms with Gasteiger partial charge in [0.05, 0.1) is 11.1 Å². The van der Waals surface area contributed by atoms with Crippen molar-refractivity contribution in [3.05, 3.63) is 34.9 Å². The monoisotopic (exact) mass is 337 g/mol. The fourth-order valence-corrected chi connectivity index (χ4v) is 2.88. The Bertz CT molecular complexity index is 639. The maximum Gasteiger partial charge on any atom is 0.262 e. The van der Waals surface area contributed by atoms with Crippen LogP contribution in [0.1, 0.15) is 32.7 Å². The summed E-state index contributed by atoms with van der Waals surface area (Å²) in [5.74, 6) is -0.916. The number of imide groups is 1. The van der Waals surface area contributed by atoms with Gasteiger partial charge in [0, 0.05) is 19.6 Å². The van der Waals surface area contributed by atoms with Crippen LogP contribution in [-0.2, 0) is 4.79 Å². The van der Waals surface area contributed by atoms with E-state index in [0.29, 0.717) is 24.2 Å². The van der Waals surface area contributed by atoms with E-state index in [1.165, 1.54) is 0 Å². The maximum atomic E-state index is 12.4. The molecule has 1 aromatic carbocycles. The first-order valence-electron chi connectivity index (χ1n) is 7.53. The van der Waals surface area contributed by atoms with Crippen LogP contribution in [0.25, 0.3) is 0 Å². The number of carbonyl (C=O) groups excluding carboxylic acids is 3. The normalized spacial score (nSPS) is 17.6. The maximum absolute atomic E-state index is 12.4. The Hall–Kier alpha value is -1.92. The quantitative estimate of drug-likeness (QED) is 0.812. The van der Waals surface area contributed by atoms with Gasteiger partial charge in [-0.25, -0.2) is 0 Å². The minimum Gasteiger partial charge on any atom is -0.340 e. The third kappa shape index (κ3) is 3.38. The summed E-state index contributed by atoms with van der Waals surface area (Å²) in [6.45, 7) is 4.60. The smallest absolute Gasteiger partial charge is 0.262 e. The van der Waals surface area contributed by atoms with Crippen LogP contribution >= 0.6 is 12.4 Å². The second-order valence-corrected chi connectivity index (χ2v) is 5.73. The molecular formula is C16H20ClN3O3. The molecule has 2 aliphatic heterocycles. The average Bonchev–Trinajstić information content (AvgIpc) is 2.72. The predicted octanol–water partition coefficient (Wildman–Crippen LogP) is 0.835. The van der Waals surface area contributed by atoms with Gasteiger partial charge in [-0.2, -0.15) is 0 Å². The third-order valence-corrected chi connectivity index (χ3v) is 4.11. The first-order chi connectivity index (χ1) is 10.6. The lowest BCUT2D eigenvalue weighted by Crippen LogP contribution is -2.43. The van der Waals surface area contributed by atoms with E-state index in [-0.39, 0.29) is 36.7 Å². The highest BCUT2D eigenvalue weighted by Crippen LogP contribution is 2.23. The van der Waals surface area contributed by atoms with E-state index in [1.54, 1.807) is 23.1 Å². The number of nitrogens with one attached hydrogen (secondary N) is 1. The van der Waals surface area contributed by atoms with Crippen molar-refractivity contribution in [1.82, 2.24) is 15.1 Å². The first-order valence-corrected chi connectivity index (χ1v) is 7.53. The van der Waals surface area contributed by atoms with E-state index in [0.717, 1.165) is 30.0 Å². The molecule has 23 heavy (non-hydrogen) atoms. The van der Waals surface area contributed by atoms with Crippen molar-refractivity contribution >= 4 is 30.1 Å². The van der Waals surface area contributed by atoms with Crippen molar-refractivity contribution < 1.29 is 14.4 Å². The summed E-state index contributed by atoms with van der Waals surface area (Å²) in [4.78, 5) is 39.8. The number of nitrogens with zero attached hydrogens (tertiary/aromatic N) is 2. The van der Waals surface area contributed by atoms with Gasteiger partial charge < -0.3 is 10.2 Å². The summed E-state index contributed by atoms with van der Waals surface area (Å²) < 4.78 is 0. The molecule has 6 nitrogen and oxygen atoms in total. The summed E-state index contributed by atoms with van der Waals surface area (Å²) in [5, 5.41) is 3.22. The van der Waals surface area contributed by atoms with Gasteiger partial charge in [0.15, 0.2) is 0 Å². The van der Waals surface area contributed by atoms with Crippen LogP contribution in [0.15, 0.2) is 18.2 Å². The molecule has 2 aliphatic rings. The number of fused-ring (bicyclic) bond motifs is 1. The molecular weight excluding hydrogens is 318 g/mol. The molecule has 1 N–H and O–H groups in total. The van der Waals surface area contributed by atoms with Crippen molar-refractivity contribution in [3.8, 4) is 0 Å². The van der Waals surface area contributed by atoms with E-state index in [2.05, 4.69) is 5.32 Å². The average molecular weight is 338 g/mol. The van der Waals surface area contributed by atoms with Gasteiger partial charge in [0.1, 0.15) is 6.54 Å². The number of hydrogen-bond acceptors (Lipinski definition) is 4. The number of hydrogen-bond donors (Lipinski definition) is 1. The second kappa shape index (κ2) is 7.10. The largest absolute Gasteiger partial charge is 0.340 e. The van der Waals surface area contributed by atoms with Crippen LogP contribution in [0, 0.1) is 6.92 Å². The van der Waals surface area contributed by atoms with E-state index in [9.17, 15) is 14.4 Å². The molecule has 0 aliphatic carbocycles. The zero-order valence-electron chi connectivity index (χ0n) is 13.0. The van der Waals surface area contributed by atoms with Crippen LogP contribution in [0.4, 0.5) is 0 Å². The SMILES string of the molecule is Cc1ccc2c(c1)C(=O)N(CC(=O)N1CCCNCC1)C2=O.Cl. The summed E-state index contributed by atoms with van der Waals surface area (Å²) in [5.41, 5.74) is 1.71. The molecule has 7 heteroatoms. The highest BCUT2D eigenvalue weighted by molar-refractivity contribution is 6.22. The molecule has 3 rings (SSSR count). The number of carbonyl (C=O) groups is 3. The predicted molar refractivity (Wildman–Crippen MR) is 87.9 cm³/mol. The Balaban J connectivity index is 0.00000192. The van der Waals surface area contributed by atoms with E-state index in [1.807, 2.05) is 6.92 Å². The van der Waals surface area contributed by atoms with Crippen molar-refractivity contribution in [2.24, 2.45) is 0 Å². The first kappa shape index (κ1) is 17.4. The lowest BCUT2D eigenvalue weighted by molar-refractivity contribution is -0.131. The minimum atomic E-state index is -0.374. The van der Waals surface area contributed by atoms with Crippen molar-refractivity contribution in [2.75, 3.05) is 32.7 Å². The molecule has 1 fully saturated rings. The minimum absolute atomic E-state index is 0. The van der Waals surface area contributed by atoms with Crippen LogP contribution < -0.4 is 5.32 Å². The lowest BCUT2D eigenvalue weighted by atomic mass is 10.1. The summed E-state index contributed by atoms with van der Waals surface area (Å²) >= 11 is 0. The summed E-state index contributed by atoms with van der Waals surface area (Å²) in [7, 11) is 0. The Kier molecular flexibility index (Phi) is 5.38. The number of benzene rings is 1. The van der Waals surface area contributed by atoms with Crippen LogP contribution in [0.2, 0.25) is 0 Å². The van der Waals surface area contributed by atoms with Crippen LogP contribution in [-0.4, -0.2) is 60.2 Å². The van der Waals surface area contributed by atoms with Gasteiger partial charge in [0.2, 0.25) is 5.91 Å². The highest BCUT2D eigenvalue weighted by atomic mass is 35.5. The van der Waals surface area contributed by atoms with E-state index >= 15 is 0 Å². The second-order valence-electron chi connectivity index (χ2n) is 5.73. The lowest BCUT2D eigenvalue weighted by Gasteiger charge is -2.22. The van der Waals surface area contributed by atoms with Gasteiger partial charge >= 0.3 is 0 Å². The topological polar surface area (TPSA) is 69.7 Å². The van der Waals surface area contributed by atoms with E-state index in [4.69, 9.17) is 0 Å². The van der Waals surface area contributed by atoms with Gasteiger partial charge in [-0.15, -0.1) is 12.4 Å². The number of aryl methyl sites for hydroxylation is 1. The highest BCUT2D eigenvalue weighted by Gasteiger charge is 2.37. The zero-order chi connectivity index (χ0) is 15.7. The molecule has 0 atom stereocenters. The molecule has 0 unspecified atom stereocenters. The number of halogens is 1. The van der Waals surface area contributed by atoms with Gasteiger partial charge in [-0.1, -0.05) is 11.6 Å². The molecule has 0 saturated carbocycles. The van der Waals surface area contributed by atoms with E-state index < -0.39 is 0 Å². The Morgan fingerprint density at radius 1 is 1.13 bits per heavy atom. The standard InChI is InChI=1S/C16H19N3O3.ClH/c1-11-3-4-12-13(9-11)16(22)19(15(12)21)10-14(20)18-7-2-5-17-6-8-18;/h3-4,9,17H,2,5-8,10H2,1H3;1H. The molecule has 0 bridgehead atoms. The van der Waals surface area contributed by atoms with Gasteiger partial charge in [-0.05, 0) is 32.0 Å². The third-order valence-electron chi connectivity index (χ3n) is 4.11. The molecule has 3 amide bonds. The molecule has 1 saturated heterocycles. The van der Waals surface area contributed by atoms with Gasteiger partial charge in [-0.3, -0.25) is 19.3 Å². The van der Waals surface area contributed by atoms with Crippen molar-refractivity contribution in [2.45, 2.75) is 13.3 Å². The van der Waals surface area contributed by atoms with Crippen molar-refractivity contribution in [1.29, 1.82) is 0 Å². The Morgan fingerprint density at radius 3 is 2.65 bits per heavy atom. The van der Waals surface area contributed by atoms with Crippen LogP contribution in [0.3, 0.4) is 0 Å². The summed E-state index contributed by atoms with van der Waals surface area (Å²) in [6, 6.07) is 5.16. The zero-order valence-corrected chi connectivity index (χ0v) is 13.8. The fraction of sp³-hybridized carbons (Fsp3) is 0.438. The number of rotatable bonds is 2. The summed E-state index contributed by atoms with van der Waals surface area (Å²) in [6.07, 6.45) is 0.882. The molecule has 0 aromatic heterocycles.